The number of nitrogens with one attached hydrogen (secondary N) is 1. The van der Waals surface area contributed by atoms with Gasteiger partial charge in [0, 0.05) is 42.4 Å². The molecule has 0 saturated carbocycles. The number of alkyl halides is 6. The number of aromatic nitrogens is 6. The molecular formula is C21H18F6N6. The van der Waals surface area contributed by atoms with Crippen LogP contribution in [0, 0.1) is 5.92 Å². The van der Waals surface area contributed by atoms with Crippen LogP contribution in [0.5, 0.6) is 0 Å². The van der Waals surface area contributed by atoms with Crippen LogP contribution in [0.2, 0.25) is 0 Å². The summed E-state index contributed by atoms with van der Waals surface area (Å²) in [6.45, 7) is 3.26. The zero-order valence-electron chi connectivity index (χ0n) is 17.5. The van der Waals surface area contributed by atoms with E-state index in [9.17, 15) is 26.3 Å². The molecule has 3 heterocycles. The number of H-pyrrole nitrogens is 1. The molecule has 1 unspecified atom stereocenters. The van der Waals surface area contributed by atoms with E-state index in [4.69, 9.17) is 0 Å². The summed E-state index contributed by atoms with van der Waals surface area (Å²) in [5.41, 5.74) is -1.96. The van der Waals surface area contributed by atoms with E-state index >= 15 is 0 Å². The predicted molar refractivity (Wildman–Crippen MR) is 108 cm³/mol. The first-order chi connectivity index (χ1) is 15.4. The van der Waals surface area contributed by atoms with Crippen molar-refractivity contribution in [2.45, 2.75) is 39.2 Å². The Hall–Kier alpha value is -3.44. The maximum absolute atomic E-state index is 13.7. The van der Waals surface area contributed by atoms with Crippen LogP contribution < -0.4 is 0 Å². The molecule has 174 valence electrons. The van der Waals surface area contributed by atoms with Crippen LogP contribution in [0.15, 0.2) is 48.1 Å². The van der Waals surface area contributed by atoms with Crippen LogP contribution in [-0.2, 0) is 19.1 Å². The van der Waals surface area contributed by atoms with Crippen molar-refractivity contribution in [3.05, 3.63) is 65.4 Å². The van der Waals surface area contributed by atoms with E-state index in [0.717, 1.165) is 6.08 Å². The fourth-order valence-electron chi connectivity index (χ4n) is 3.52. The lowest BCUT2D eigenvalue weighted by atomic mass is 9.93. The van der Waals surface area contributed by atoms with Crippen LogP contribution in [0.25, 0.3) is 16.7 Å². The van der Waals surface area contributed by atoms with Crippen LogP contribution in [0.4, 0.5) is 26.3 Å². The summed E-state index contributed by atoms with van der Waals surface area (Å²) in [6, 6.07) is 0. The number of hydrogen-bond acceptors (Lipinski definition) is 4. The quantitative estimate of drug-likeness (QED) is 0.529. The number of hydrogen-bond donors (Lipinski definition) is 1. The van der Waals surface area contributed by atoms with Crippen molar-refractivity contribution in [2.75, 3.05) is 0 Å². The maximum Gasteiger partial charge on any atom is 0.435 e. The molecule has 0 aromatic carbocycles. The van der Waals surface area contributed by atoms with Gasteiger partial charge in [0.2, 0.25) is 0 Å². The molecule has 3 aromatic heterocycles. The van der Waals surface area contributed by atoms with Crippen molar-refractivity contribution < 1.29 is 26.3 Å². The number of nitrogens with zero attached hydrogens (tertiary/aromatic N) is 5. The average molecular weight is 468 g/mol. The molecule has 0 radical (unpaired) electrons. The summed E-state index contributed by atoms with van der Waals surface area (Å²) >= 11 is 0. The van der Waals surface area contributed by atoms with Gasteiger partial charge in [0.15, 0.2) is 11.3 Å². The molecule has 0 aliphatic heterocycles. The Bertz CT molecular complexity index is 1260. The van der Waals surface area contributed by atoms with E-state index in [1.165, 1.54) is 32.3 Å². The molecule has 0 spiro atoms. The fraction of sp³-hybridized carbons (Fsp3) is 0.333. The lowest BCUT2D eigenvalue weighted by Gasteiger charge is -2.18. The molecule has 0 amide bonds. The fourth-order valence-corrected chi connectivity index (χ4v) is 3.52. The Labute approximate surface area is 183 Å². The van der Waals surface area contributed by atoms with Crippen molar-refractivity contribution in [2.24, 2.45) is 5.92 Å². The number of imidazole rings is 2. The highest BCUT2D eigenvalue weighted by atomic mass is 19.4. The minimum absolute atomic E-state index is 0.0252. The van der Waals surface area contributed by atoms with E-state index < -0.39 is 35.1 Å². The Morgan fingerprint density at radius 2 is 1.79 bits per heavy atom. The van der Waals surface area contributed by atoms with Gasteiger partial charge in [-0.05, 0) is 6.92 Å². The average Bonchev–Trinajstić information content (AvgIpc) is 3.35. The number of rotatable bonds is 4. The van der Waals surface area contributed by atoms with E-state index in [1.54, 1.807) is 17.0 Å². The third kappa shape index (κ3) is 4.69. The third-order valence-electron chi connectivity index (χ3n) is 5.39. The van der Waals surface area contributed by atoms with Gasteiger partial charge >= 0.3 is 12.4 Å². The number of aromatic amines is 1. The minimum atomic E-state index is -4.78. The van der Waals surface area contributed by atoms with E-state index in [0.29, 0.717) is 12.1 Å². The van der Waals surface area contributed by atoms with Crippen LogP contribution in [-0.4, -0.2) is 35.7 Å². The SMILES string of the molecule is CC1=CC(c2nc3nc(CCn4ccnc4)nc(C(F)(F)F)c3[nH]2)=CC=C(C(F)(F)F)C1C. The van der Waals surface area contributed by atoms with Gasteiger partial charge in [0.1, 0.15) is 17.2 Å². The van der Waals surface area contributed by atoms with Gasteiger partial charge in [0.25, 0.3) is 0 Å². The van der Waals surface area contributed by atoms with Gasteiger partial charge in [-0.25, -0.2) is 19.9 Å². The molecule has 1 aliphatic carbocycles. The highest BCUT2D eigenvalue weighted by Gasteiger charge is 2.38. The molecule has 33 heavy (non-hydrogen) atoms. The van der Waals surface area contributed by atoms with Gasteiger partial charge in [-0.1, -0.05) is 30.7 Å². The third-order valence-corrected chi connectivity index (χ3v) is 5.39. The second kappa shape index (κ2) is 8.16. The Kier molecular flexibility index (Phi) is 5.62. The predicted octanol–water partition coefficient (Wildman–Crippen LogP) is 5.28. The number of halogens is 6. The number of aryl methyl sites for hydroxylation is 2. The first kappa shape index (κ1) is 22.7. The lowest BCUT2D eigenvalue weighted by molar-refractivity contribution is -0.140. The highest BCUT2D eigenvalue weighted by Crippen LogP contribution is 2.38. The number of fused-ring (bicyclic) bond motifs is 1. The van der Waals surface area contributed by atoms with Crippen LogP contribution >= 0.6 is 0 Å². The second-order valence-corrected chi connectivity index (χ2v) is 7.67. The van der Waals surface area contributed by atoms with Crippen molar-refractivity contribution in [3.63, 3.8) is 0 Å². The van der Waals surface area contributed by atoms with Crippen molar-refractivity contribution in [1.82, 2.24) is 29.5 Å². The normalized spacial score (nSPS) is 17.6. The Balaban J connectivity index is 1.78. The lowest BCUT2D eigenvalue weighted by Crippen LogP contribution is -2.18. The zero-order valence-corrected chi connectivity index (χ0v) is 17.5. The van der Waals surface area contributed by atoms with Crippen LogP contribution in [0.1, 0.15) is 31.2 Å². The molecule has 6 nitrogen and oxygen atoms in total. The minimum Gasteiger partial charge on any atom is -0.337 e. The van der Waals surface area contributed by atoms with E-state index in [1.807, 2.05) is 0 Å². The van der Waals surface area contributed by atoms with Gasteiger partial charge in [-0.3, -0.25) is 0 Å². The van der Waals surface area contributed by atoms with Gasteiger partial charge in [-0.15, -0.1) is 0 Å². The van der Waals surface area contributed by atoms with E-state index in [2.05, 4.69) is 24.9 Å². The molecule has 1 aliphatic rings. The largest absolute Gasteiger partial charge is 0.435 e. The Morgan fingerprint density at radius 1 is 1.03 bits per heavy atom. The van der Waals surface area contributed by atoms with Gasteiger partial charge in [-0.2, -0.15) is 26.3 Å². The molecule has 0 fully saturated rings. The summed E-state index contributed by atoms with van der Waals surface area (Å²) in [5, 5.41) is 0. The molecule has 3 aromatic rings. The standard InChI is InChI=1S/C21H18F6N6/c1-11-9-13(3-4-14(12(11)2)20(22,23)24)18-31-16-17(21(25,26)27)29-15(30-19(16)32-18)5-7-33-8-6-28-10-33/h3-4,6,8-10,12H,5,7H2,1-2H3,(H,29,30,31,32). The molecule has 1 atom stereocenters. The molecular weight excluding hydrogens is 450 g/mol. The topological polar surface area (TPSA) is 72.3 Å². The van der Waals surface area contributed by atoms with Crippen LogP contribution in [0.3, 0.4) is 0 Å². The molecule has 1 N–H and O–H groups in total. The first-order valence-electron chi connectivity index (χ1n) is 9.90. The number of allylic oxidation sites excluding steroid dienone is 6. The van der Waals surface area contributed by atoms with Crippen molar-refractivity contribution in [3.8, 4) is 0 Å². The first-order valence-corrected chi connectivity index (χ1v) is 9.90. The molecule has 0 saturated heterocycles. The summed E-state index contributed by atoms with van der Waals surface area (Å²) in [4.78, 5) is 18.4. The molecule has 0 bridgehead atoms. The highest BCUT2D eigenvalue weighted by molar-refractivity contribution is 5.81. The van der Waals surface area contributed by atoms with E-state index in [-0.39, 0.29) is 29.3 Å². The molecule has 4 rings (SSSR count). The smallest absolute Gasteiger partial charge is 0.337 e. The Morgan fingerprint density at radius 3 is 2.42 bits per heavy atom. The summed E-state index contributed by atoms with van der Waals surface area (Å²) < 4.78 is 82.8. The van der Waals surface area contributed by atoms with Gasteiger partial charge in [0.05, 0.1) is 6.33 Å². The second-order valence-electron chi connectivity index (χ2n) is 7.67. The van der Waals surface area contributed by atoms with Crippen molar-refractivity contribution >= 4 is 16.7 Å². The summed E-state index contributed by atoms with van der Waals surface area (Å²) in [6.07, 6.45) is -0.905. The monoisotopic (exact) mass is 468 g/mol. The van der Waals surface area contributed by atoms with Gasteiger partial charge < -0.3 is 9.55 Å². The summed E-state index contributed by atoms with van der Waals surface area (Å²) in [7, 11) is 0. The summed E-state index contributed by atoms with van der Waals surface area (Å²) in [5.74, 6) is -0.998. The van der Waals surface area contributed by atoms with Crippen molar-refractivity contribution in [1.29, 1.82) is 0 Å². The zero-order chi connectivity index (χ0) is 24.0. The maximum atomic E-state index is 13.7. The molecule has 12 heteroatoms.